The van der Waals surface area contributed by atoms with Crippen molar-refractivity contribution in [1.29, 1.82) is 0 Å². The van der Waals surface area contributed by atoms with Crippen LogP contribution in [0.15, 0.2) is 36.4 Å². The number of carbonyl (C=O) groups is 2. The van der Waals surface area contributed by atoms with Gasteiger partial charge < -0.3 is 20.7 Å². The molecule has 28 heavy (non-hydrogen) atoms. The molecule has 0 fully saturated rings. The molecule has 3 N–H and O–H groups in total. The summed E-state index contributed by atoms with van der Waals surface area (Å²) in [5.74, 6) is 0.676. The van der Waals surface area contributed by atoms with Crippen molar-refractivity contribution in [1.82, 2.24) is 4.98 Å². The number of fused-ring (bicyclic) bond motifs is 1. The monoisotopic (exact) mass is 398 g/mol. The number of amides is 3. The fourth-order valence-electron chi connectivity index (χ4n) is 2.62. The highest BCUT2D eigenvalue weighted by Crippen LogP contribution is 2.31. The van der Waals surface area contributed by atoms with Gasteiger partial charge in [-0.25, -0.2) is 9.78 Å². The predicted molar refractivity (Wildman–Crippen MR) is 114 cm³/mol. The lowest BCUT2D eigenvalue weighted by Crippen LogP contribution is -2.19. The second-order valence-electron chi connectivity index (χ2n) is 6.10. The number of aryl methyl sites for hydroxylation is 1. The average molecular weight is 398 g/mol. The van der Waals surface area contributed by atoms with E-state index in [1.807, 2.05) is 26.0 Å². The van der Waals surface area contributed by atoms with Crippen LogP contribution in [-0.4, -0.2) is 23.5 Å². The van der Waals surface area contributed by atoms with E-state index in [1.165, 1.54) is 11.3 Å². The minimum Gasteiger partial charge on any atom is -0.494 e. The van der Waals surface area contributed by atoms with Gasteiger partial charge in [-0.15, -0.1) is 0 Å². The summed E-state index contributed by atoms with van der Waals surface area (Å²) in [6.07, 6.45) is 0.396. The molecule has 0 bridgehead atoms. The molecule has 7 nitrogen and oxygen atoms in total. The number of rotatable bonds is 6. The number of urea groups is 1. The second kappa shape index (κ2) is 8.71. The first kappa shape index (κ1) is 19.6. The number of aromatic nitrogens is 1. The quantitative estimate of drug-likeness (QED) is 0.545. The lowest BCUT2D eigenvalue weighted by molar-refractivity contribution is -0.115. The zero-order valence-electron chi connectivity index (χ0n) is 16.0. The van der Waals surface area contributed by atoms with Gasteiger partial charge in [-0.1, -0.05) is 18.3 Å². The maximum Gasteiger partial charge on any atom is 0.323 e. The fourth-order valence-corrected chi connectivity index (χ4v) is 3.62. The van der Waals surface area contributed by atoms with Gasteiger partial charge in [-0.05, 0) is 55.8 Å². The summed E-state index contributed by atoms with van der Waals surface area (Å²) < 4.78 is 6.28. The molecule has 3 rings (SSSR count). The predicted octanol–water partition coefficient (Wildman–Crippen LogP) is 5.00. The van der Waals surface area contributed by atoms with E-state index in [1.54, 1.807) is 31.2 Å². The van der Waals surface area contributed by atoms with E-state index in [-0.39, 0.29) is 11.9 Å². The summed E-state index contributed by atoms with van der Waals surface area (Å²) in [5, 5.41) is 8.96. The van der Waals surface area contributed by atoms with Crippen molar-refractivity contribution in [3.63, 3.8) is 0 Å². The summed E-state index contributed by atoms with van der Waals surface area (Å²) >= 11 is 1.38. The molecule has 0 atom stereocenters. The third-order valence-corrected chi connectivity index (χ3v) is 4.85. The molecule has 0 saturated heterocycles. The number of benzene rings is 2. The molecule has 3 aromatic rings. The number of hydrogen-bond donors (Lipinski definition) is 3. The maximum atomic E-state index is 12.3. The van der Waals surface area contributed by atoms with E-state index in [0.29, 0.717) is 29.5 Å². The van der Waals surface area contributed by atoms with Gasteiger partial charge in [0.15, 0.2) is 5.13 Å². The second-order valence-corrected chi connectivity index (χ2v) is 7.13. The van der Waals surface area contributed by atoms with Crippen molar-refractivity contribution < 1.29 is 14.3 Å². The van der Waals surface area contributed by atoms with Crippen molar-refractivity contribution in [2.24, 2.45) is 0 Å². The van der Waals surface area contributed by atoms with Crippen LogP contribution >= 0.6 is 11.3 Å². The van der Waals surface area contributed by atoms with Gasteiger partial charge in [0.2, 0.25) is 5.91 Å². The van der Waals surface area contributed by atoms with Crippen LogP contribution < -0.4 is 20.7 Å². The molecule has 0 aliphatic rings. The van der Waals surface area contributed by atoms with Gasteiger partial charge >= 0.3 is 6.03 Å². The molecule has 1 heterocycles. The lowest BCUT2D eigenvalue weighted by Gasteiger charge is -2.09. The van der Waals surface area contributed by atoms with Gasteiger partial charge in [-0.2, -0.15) is 0 Å². The van der Waals surface area contributed by atoms with Gasteiger partial charge in [-0.3, -0.25) is 4.79 Å². The van der Waals surface area contributed by atoms with Crippen LogP contribution in [0.2, 0.25) is 0 Å². The Hall–Kier alpha value is -3.13. The molecule has 8 heteroatoms. The third-order valence-electron chi connectivity index (χ3n) is 3.93. The highest BCUT2D eigenvalue weighted by Gasteiger charge is 2.11. The van der Waals surface area contributed by atoms with Crippen LogP contribution in [0, 0.1) is 6.92 Å². The molecule has 1 aromatic heterocycles. The molecule has 0 radical (unpaired) electrons. The minimum absolute atomic E-state index is 0.0789. The standard InChI is InChI=1S/C20H22N4O3S/c1-4-17(25)23-20-24-18-12(3)10-14(11-16(18)28-20)22-19(26)21-13-6-8-15(9-7-13)27-5-2/h6-11H,4-5H2,1-3H3,(H2,21,22,26)(H,23,24,25). The first-order valence-electron chi connectivity index (χ1n) is 9.00. The summed E-state index contributed by atoms with van der Waals surface area (Å²) in [6, 6.07) is 10.5. The van der Waals surface area contributed by atoms with E-state index < -0.39 is 0 Å². The lowest BCUT2D eigenvalue weighted by atomic mass is 10.2. The number of nitrogens with zero attached hydrogens (tertiary/aromatic N) is 1. The number of nitrogens with one attached hydrogen (secondary N) is 3. The highest BCUT2D eigenvalue weighted by molar-refractivity contribution is 7.22. The van der Waals surface area contributed by atoms with Crippen molar-refractivity contribution in [2.45, 2.75) is 27.2 Å². The van der Waals surface area contributed by atoms with Crippen molar-refractivity contribution >= 4 is 50.0 Å². The largest absolute Gasteiger partial charge is 0.494 e. The van der Waals surface area contributed by atoms with E-state index >= 15 is 0 Å². The molecular weight excluding hydrogens is 376 g/mol. The van der Waals surface area contributed by atoms with Gasteiger partial charge in [0, 0.05) is 17.8 Å². The molecule has 0 aliphatic carbocycles. The summed E-state index contributed by atoms with van der Waals surface area (Å²) in [4.78, 5) is 28.3. The first-order valence-corrected chi connectivity index (χ1v) is 9.82. The fraction of sp³-hybridized carbons (Fsp3) is 0.250. The smallest absolute Gasteiger partial charge is 0.323 e. The van der Waals surface area contributed by atoms with E-state index in [2.05, 4.69) is 20.9 Å². The molecule has 0 aliphatic heterocycles. The SMILES string of the molecule is CCOc1ccc(NC(=O)Nc2cc(C)c3nc(NC(=O)CC)sc3c2)cc1. The van der Waals surface area contributed by atoms with E-state index in [9.17, 15) is 9.59 Å². The van der Waals surface area contributed by atoms with E-state index in [0.717, 1.165) is 21.5 Å². The van der Waals surface area contributed by atoms with Crippen LogP contribution in [0.3, 0.4) is 0 Å². The van der Waals surface area contributed by atoms with Crippen LogP contribution in [0.1, 0.15) is 25.8 Å². The van der Waals surface area contributed by atoms with Crippen LogP contribution in [-0.2, 0) is 4.79 Å². The molecule has 0 spiro atoms. The number of anilines is 3. The van der Waals surface area contributed by atoms with Gasteiger partial charge in [0.25, 0.3) is 0 Å². The molecule has 0 saturated carbocycles. The Labute approximate surface area is 167 Å². The Morgan fingerprint density at radius 3 is 2.43 bits per heavy atom. The molecule has 2 aromatic carbocycles. The highest BCUT2D eigenvalue weighted by atomic mass is 32.1. The Balaban J connectivity index is 1.70. The molecule has 3 amide bonds. The number of ether oxygens (including phenoxy) is 1. The van der Waals surface area contributed by atoms with Gasteiger partial charge in [0.1, 0.15) is 5.75 Å². The van der Waals surface area contributed by atoms with Gasteiger partial charge in [0.05, 0.1) is 16.8 Å². The summed E-state index contributed by atoms with van der Waals surface area (Å²) in [6.45, 7) is 6.22. The van der Waals surface area contributed by atoms with Crippen molar-refractivity contribution in [2.75, 3.05) is 22.6 Å². The molecule has 146 valence electrons. The zero-order chi connectivity index (χ0) is 20.1. The van der Waals surface area contributed by atoms with Crippen LogP contribution in [0.5, 0.6) is 5.75 Å². The topological polar surface area (TPSA) is 92.3 Å². The Kier molecular flexibility index (Phi) is 6.10. The molecular formula is C20H22N4O3S. The third kappa shape index (κ3) is 4.77. The summed E-state index contributed by atoms with van der Waals surface area (Å²) in [5.41, 5.74) is 3.06. The van der Waals surface area contributed by atoms with Crippen LogP contribution in [0.4, 0.5) is 21.3 Å². The first-order chi connectivity index (χ1) is 13.5. The van der Waals surface area contributed by atoms with E-state index in [4.69, 9.17) is 4.74 Å². The van der Waals surface area contributed by atoms with Crippen molar-refractivity contribution in [3.8, 4) is 5.75 Å². The number of hydrogen-bond acceptors (Lipinski definition) is 5. The average Bonchev–Trinajstić information content (AvgIpc) is 3.06. The number of carbonyl (C=O) groups excluding carboxylic acids is 2. The van der Waals surface area contributed by atoms with Crippen LogP contribution in [0.25, 0.3) is 10.2 Å². The number of thiazole rings is 1. The normalized spacial score (nSPS) is 10.5. The maximum absolute atomic E-state index is 12.3. The van der Waals surface area contributed by atoms with Crippen molar-refractivity contribution in [3.05, 3.63) is 42.0 Å². The Morgan fingerprint density at radius 2 is 1.75 bits per heavy atom. The summed E-state index contributed by atoms with van der Waals surface area (Å²) in [7, 11) is 0. The minimum atomic E-state index is -0.341. The molecule has 0 unspecified atom stereocenters. The Bertz CT molecular complexity index is 999. The Morgan fingerprint density at radius 1 is 1.04 bits per heavy atom. The zero-order valence-corrected chi connectivity index (χ0v) is 16.8.